The van der Waals surface area contributed by atoms with E-state index in [-0.39, 0.29) is 11.4 Å². The molecule has 0 heterocycles. The molecule has 1 aromatic carbocycles. The van der Waals surface area contributed by atoms with Gasteiger partial charge in [0.2, 0.25) is 5.24 Å². The van der Waals surface area contributed by atoms with Crippen molar-refractivity contribution in [1.29, 1.82) is 0 Å². The number of benzene rings is 1. The van der Waals surface area contributed by atoms with Gasteiger partial charge < -0.3 is 5.48 Å². The third-order valence-corrected chi connectivity index (χ3v) is 1.60. The molecule has 0 spiro atoms. The molecule has 0 amide bonds. The lowest BCUT2D eigenvalue weighted by Gasteiger charge is -1.80. The summed E-state index contributed by atoms with van der Waals surface area (Å²) in [4.78, 5) is 9.45. The Labute approximate surface area is 91.7 Å². The normalized spacial score (nSPS) is 7.62. The summed E-state index contributed by atoms with van der Waals surface area (Å²) in [6.45, 7) is 0. The first-order valence-electron chi connectivity index (χ1n) is 3.11. The predicted octanol–water partition coefficient (Wildman–Crippen LogP) is 2.51. The van der Waals surface area contributed by atoms with Crippen LogP contribution in [0, 0.1) is 0 Å². The fourth-order valence-electron chi connectivity index (χ4n) is 0.415. The maximum Gasteiger partial charge on any atom is 0.236 e. The van der Waals surface area contributed by atoms with Crippen LogP contribution in [0.4, 0.5) is 0 Å². The summed E-state index contributed by atoms with van der Waals surface area (Å²) in [6.07, 6.45) is 0. The van der Waals surface area contributed by atoms with Gasteiger partial charge in [0.25, 0.3) is 0 Å². The van der Waals surface area contributed by atoms with E-state index in [1.54, 1.807) is 0 Å². The van der Waals surface area contributed by atoms with Crippen molar-refractivity contribution in [3.63, 3.8) is 0 Å². The molecule has 0 bridgehead atoms. The van der Waals surface area contributed by atoms with Crippen molar-refractivity contribution in [1.82, 2.24) is 0 Å². The van der Waals surface area contributed by atoms with Gasteiger partial charge in [-0.05, 0) is 23.7 Å². The Balaban J connectivity index is 0. The molecule has 1 aromatic rings. The second-order valence-electron chi connectivity index (χ2n) is 1.78. The van der Waals surface area contributed by atoms with Crippen molar-refractivity contribution in [3.05, 3.63) is 35.4 Å². The van der Waals surface area contributed by atoms with Crippen molar-refractivity contribution in [2.24, 2.45) is 0 Å². The number of carbonyl (C=O) groups is 1. The van der Waals surface area contributed by atoms with Crippen molar-refractivity contribution in [2.45, 2.75) is 0 Å². The number of hydrogen-bond donors (Lipinski definition) is 0. The minimum absolute atomic E-state index is 0. The van der Waals surface area contributed by atoms with E-state index in [0.29, 0.717) is 0 Å². The van der Waals surface area contributed by atoms with Crippen molar-refractivity contribution >= 4 is 40.0 Å². The van der Waals surface area contributed by atoms with Crippen LogP contribution in [0.2, 0.25) is 5.02 Å². The summed E-state index contributed by atoms with van der Waals surface area (Å²) < 4.78 is 0. The van der Waals surface area contributed by atoms with Gasteiger partial charge in [0, 0.05) is 5.02 Å². The minimum atomic E-state index is -0.508. The zero-order valence-electron chi connectivity index (χ0n) is 6.64. The summed E-state index contributed by atoms with van der Waals surface area (Å²) in [5.41, 5.74) is 0. The Bertz CT molecular complexity index is 226. The maximum absolute atomic E-state index is 9.45. The van der Waals surface area contributed by atoms with E-state index < -0.39 is 5.24 Å². The van der Waals surface area contributed by atoms with Gasteiger partial charge in [-0.3, -0.25) is 4.79 Å². The topological polar surface area (TPSA) is 48.6 Å². The van der Waals surface area contributed by atoms with Gasteiger partial charge in [-0.25, -0.2) is 0 Å². The molecular formula is C8H9Cl3O2. The maximum atomic E-state index is 9.45. The molecule has 0 aliphatic heterocycles. The molecule has 13 heavy (non-hydrogen) atoms. The van der Waals surface area contributed by atoms with Gasteiger partial charge in [0.05, 0.1) is 5.88 Å². The van der Waals surface area contributed by atoms with Gasteiger partial charge in [-0.1, -0.05) is 29.8 Å². The monoisotopic (exact) mass is 242 g/mol. The fraction of sp³-hybridized carbons (Fsp3) is 0.125. The summed E-state index contributed by atoms with van der Waals surface area (Å²) in [6, 6.07) is 9.44. The number of halogens is 3. The lowest BCUT2D eigenvalue weighted by Crippen LogP contribution is -1.81. The highest BCUT2D eigenvalue weighted by molar-refractivity contribution is 6.67. The van der Waals surface area contributed by atoms with E-state index in [4.69, 9.17) is 34.8 Å². The number of hydrogen-bond acceptors (Lipinski definition) is 1. The Morgan fingerprint density at radius 1 is 1.23 bits per heavy atom. The molecule has 0 fully saturated rings. The molecule has 74 valence electrons. The molecule has 0 saturated carbocycles. The van der Waals surface area contributed by atoms with Crippen LogP contribution in [0.3, 0.4) is 0 Å². The lowest BCUT2D eigenvalue weighted by molar-refractivity contribution is -0.109. The standard InChI is InChI=1S/C6H5Cl.C2H2Cl2O.H2O/c7-6-4-2-1-3-5-6;3-1-2(4)5;/h1-5H;1H2;1H2. The third kappa shape index (κ3) is 11.7. The highest BCUT2D eigenvalue weighted by atomic mass is 35.5. The third-order valence-electron chi connectivity index (χ3n) is 0.838. The molecule has 2 nitrogen and oxygen atoms in total. The van der Waals surface area contributed by atoms with Crippen LogP contribution in [0.1, 0.15) is 0 Å². The molecule has 0 aliphatic rings. The molecule has 0 atom stereocenters. The van der Waals surface area contributed by atoms with Gasteiger partial charge >= 0.3 is 0 Å². The van der Waals surface area contributed by atoms with Gasteiger partial charge in [-0.15, -0.1) is 11.6 Å². The Morgan fingerprint density at radius 3 is 1.77 bits per heavy atom. The van der Waals surface area contributed by atoms with Crippen LogP contribution < -0.4 is 0 Å². The number of carbonyl (C=O) groups excluding carboxylic acids is 1. The fourth-order valence-corrected chi connectivity index (χ4v) is 0.560. The van der Waals surface area contributed by atoms with Crippen LogP contribution in [-0.4, -0.2) is 16.6 Å². The summed E-state index contributed by atoms with van der Waals surface area (Å²) in [7, 11) is 0. The molecule has 5 heteroatoms. The van der Waals surface area contributed by atoms with Crippen molar-refractivity contribution in [2.75, 3.05) is 5.88 Å². The van der Waals surface area contributed by atoms with Crippen LogP contribution in [0.25, 0.3) is 0 Å². The first-order chi connectivity index (χ1) is 5.66. The second kappa shape index (κ2) is 9.81. The van der Waals surface area contributed by atoms with Crippen LogP contribution >= 0.6 is 34.8 Å². The molecule has 0 radical (unpaired) electrons. The highest BCUT2D eigenvalue weighted by Gasteiger charge is 1.83. The average molecular weight is 244 g/mol. The van der Waals surface area contributed by atoms with Crippen LogP contribution in [-0.2, 0) is 4.79 Å². The molecular weight excluding hydrogens is 234 g/mol. The zero-order valence-corrected chi connectivity index (χ0v) is 8.90. The second-order valence-corrected chi connectivity index (χ2v) is 2.91. The van der Waals surface area contributed by atoms with Gasteiger partial charge in [0.15, 0.2) is 0 Å². The number of rotatable bonds is 1. The molecule has 0 aromatic heterocycles. The van der Waals surface area contributed by atoms with Gasteiger partial charge in [0.1, 0.15) is 0 Å². The quantitative estimate of drug-likeness (QED) is 0.552. The average Bonchev–Trinajstić information content (AvgIpc) is 2.07. The minimum Gasteiger partial charge on any atom is -0.412 e. The highest BCUT2D eigenvalue weighted by Crippen LogP contribution is 2.03. The molecule has 1 rings (SSSR count). The summed E-state index contributed by atoms with van der Waals surface area (Å²) in [5.74, 6) is -0.0957. The lowest BCUT2D eigenvalue weighted by atomic mass is 10.4. The van der Waals surface area contributed by atoms with Crippen molar-refractivity contribution in [3.8, 4) is 0 Å². The SMILES string of the molecule is Clc1ccccc1.O.O=C(Cl)CCl. The zero-order chi connectivity index (χ0) is 9.40. The molecule has 0 aliphatic carbocycles. The molecule has 0 unspecified atom stereocenters. The Kier molecular flexibility index (Phi) is 11.5. The van der Waals surface area contributed by atoms with Crippen LogP contribution in [0.15, 0.2) is 30.3 Å². The molecule has 0 saturated heterocycles. The summed E-state index contributed by atoms with van der Waals surface area (Å²) in [5, 5.41) is 0.286. The first-order valence-corrected chi connectivity index (χ1v) is 4.40. The smallest absolute Gasteiger partial charge is 0.236 e. The Morgan fingerprint density at radius 2 is 1.62 bits per heavy atom. The summed E-state index contributed by atoms with van der Waals surface area (Å²) >= 11 is 15.1. The van der Waals surface area contributed by atoms with E-state index in [0.717, 1.165) is 5.02 Å². The van der Waals surface area contributed by atoms with E-state index in [9.17, 15) is 4.79 Å². The first kappa shape index (κ1) is 15.2. The van der Waals surface area contributed by atoms with Crippen molar-refractivity contribution < 1.29 is 10.3 Å². The largest absolute Gasteiger partial charge is 0.412 e. The van der Waals surface area contributed by atoms with E-state index >= 15 is 0 Å². The number of alkyl halides is 1. The van der Waals surface area contributed by atoms with E-state index in [1.165, 1.54) is 0 Å². The molecule has 2 N–H and O–H groups in total. The Hall–Kier alpha value is -0.280. The van der Waals surface area contributed by atoms with E-state index in [1.807, 2.05) is 30.3 Å². The van der Waals surface area contributed by atoms with Crippen LogP contribution in [0.5, 0.6) is 0 Å². The van der Waals surface area contributed by atoms with Gasteiger partial charge in [-0.2, -0.15) is 0 Å². The predicted molar refractivity (Wildman–Crippen MR) is 56.6 cm³/mol. The van der Waals surface area contributed by atoms with E-state index in [2.05, 4.69) is 0 Å².